The van der Waals surface area contributed by atoms with Crippen LogP contribution >= 0.6 is 12.4 Å². The van der Waals surface area contributed by atoms with Gasteiger partial charge in [-0.1, -0.05) is 6.07 Å². The number of nitrogens with zero attached hydrogens (tertiary/aromatic N) is 3. The molecule has 0 aliphatic carbocycles. The number of carbonyl (C=O) groups excluding carboxylic acids is 1. The van der Waals surface area contributed by atoms with Crippen molar-refractivity contribution in [2.24, 2.45) is 0 Å². The van der Waals surface area contributed by atoms with E-state index in [9.17, 15) is 4.79 Å². The molecule has 0 aromatic carbocycles. The van der Waals surface area contributed by atoms with Gasteiger partial charge in [-0.05, 0) is 37.4 Å². The molecule has 1 atom stereocenters. The van der Waals surface area contributed by atoms with Crippen molar-refractivity contribution in [1.29, 1.82) is 0 Å². The van der Waals surface area contributed by atoms with Crippen molar-refractivity contribution in [2.75, 3.05) is 37.0 Å². The zero-order valence-electron chi connectivity index (χ0n) is 11.9. The second-order valence-corrected chi connectivity index (χ2v) is 5.37. The molecule has 1 saturated heterocycles. The van der Waals surface area contributed by atoms with Crippen LogP contribution in [0.2, 0.25) is 0 Å². The van der Waals surface area contributed by atoms with Crippen LogP contribution < -0.4 is 15.1 Å². The van der Waals surface area contributed by atoms with E-state index in [1.165, 1.54) is 5.56 Å². The average Bonchev–Trinajstić information content (AvgIpc) is 3.07. The van der Waals surface area contributed by atoms with Gasteiger partial charge in [-0.2, -0.15) is 0 Å². The van der Waals surface area contributed by atoms with Crippen molar-refractivity contribution in [3.63, 3.8) is 0 Å². The third-order valence-electron chi connectivity index (χ3n) is 4.05. The van der Waals surface area contributed by atoms with E-state index in [1.54, 1.807) is 4.90 Å². The molecule has 2 aliphatic rings. The molecule has 1 fully saturated rings. The number of carbonyl (C=O) groups is 1. The zero-order chi connectivity index (χ0) is 13.4. The lowest BCUT2D eigenvalue weighted by molar-refractivity contribution is -0.120. The van der Waals surface area contributed by atoms with Crippen LogP contribution in [0.3, 0.4) is 0 Å². The van der Waals surface area contributed by atoms with Gasteiger partial charge in [-0.25, -0.2) is 4.98 Å². The molecule has 20 heavy (non-hydrogen) atoms. The fraction of sp³-hybridized carbons (Fsp3) is 0.571. The Balaban J connectivity index is 0.00000147. The number of pyridine rings is 1. The number of halogens is 1. The van der Waals surface area contributed by atoms with Crippen LogP contribution in [0.4, 0.5) is 11.6 Å². The Morgan fingerprint density at radius 3 is 3.00 bits per heavy atom. The first-order chi connectivity index (χ1) is 9.16. The summed E-state index contributed by atoms with van der Waals surface area (Å²) in [5.41, 5.74) is 1.27. The number of nitrogens with one attached hydrogen (secondary N) is 1. The highest BCUT2D eigenvalue weighted by Gasteiger charge is 2.27. The van der Waals surface area contributed by atoms with Crippen molar-refractivity contribution in [3.8, 4) is 0 Å². The van der Waals surface area contributed by atoms with Crippen molar-refractivity contribution in [3.05, 3.63) is 17.7 Å². The normalized spacial score (nSPS) is 20.5. The third kappa shape index (κ3) is 2.60. The summed E-state index contributed by atoms with van der Waals surface area (Å²) in [6, 6.07) is 4.00. The van der Waals surface area contributed by atoms with Gasteiger partial charge >= 0.3 is 0 Å². The minimum Gasteiger partial charge on any atom is -0.359 e. The third-order valence-corrected chi connectivity index (χ3v) is 4.05. The zero-order valence-corrected chi connectivity index (χ0v) is 12.7. The maximum absolute atomic E-state index is 12.3. The van der Waals surface area contributed by atoms with E-state index in [0.717, 1.165) is 44.0 Å². The molecule has 0 spiro atoms. The predicted molar refractivity (Wildman–Crippen MR) is 82.9 cm³/mol. The van der Waals surface area contributed by atoms with E-state index in [2.05, 4.69) is 21.3 Å². The Morgan fingerprint density at radius 2 is 2.30 bits per heavy atom. The first-order valence-corrected chi connectivity index (χ1v) is 6.89. The van der Waals surface area contributed by atoms with Crippen LogP contribution in [0, 0.1) is 0 Å². The average molecular weight is 297 g/mol. The smallest absolute Gasteiger partial charge is 0.245 e. The summed E-state index contributed by atoms with van der Waals surface area (Å²) >= 11 is 0. The number of anilines is 2. The quantitative estimate of drug-likeness (QED) is 0.891. The van der Waals surface area contributed by atoms with Gasteiger partial charge < -0.3 is 10.2 Å². The van der Waals surface area contributed by atoms with Crippen LogP contribution in [0.15, 0.2) is 12.1 Å². The maximum atomic E-state index is 12.3. The van der Waals surface area contributed by atoms with E-state index in [-0.39, 0.29) is 24.4 Å². The highest BCUT2D eigenvalue weighted by molar-refractivity contribution is 5.96. The molecule has 3 heterocycles. The molecule has 110 valence electrons. The second-order valence-electron chi connectivity index (χ2n) is 5.37. The Hall–Kier alpha value is -1.33. The predicted octanol–water partition coefficient (Wildman–Crippen LogP) is 1.21. The maximum Gasteiger partial charge on any atom is 0.245 e. The minimum atomic E-state index is -0.0437. The lowest BCUT2D eigenvalue weighted by atomic mass is 10.2. The fourth-order valence-electron chi connectivity index (χ4n) is 2.82. The van der Waals surface area contributed by atoms with Crippen LogP contribution in [-0.4, -0.2) is 44.1 Å². The van der Waals surface area contributed by atoms with Gasteiger partial charge in [0.1, 0.15) is 11.6 Å². The van der Waals surface area contributed by atoms with Gasteiger partial charge in [0.05, 0.1) is 6.04 Å². The van der Waals surface area contributed by atoms with Crippen LogP contribution in [0.1, 0.15) is 18.4 Å². The number of rotatable bonds is 2. The Labute approximate surface area is 125 Å². The Kier molecular flexibility index (Phi) is 4.50. The largest absolute Gasteiger partial charge is 0.359 e. The molecular formula is C14H21ClN4O. The summed E-state index contributed by atoms with van der Waals surface area (Å²) in [5, 5.41) is 3.24. The van der Waals surface area contributed by atoms with Gasteiger partial charge in [-0.15, -0.1) is 12.4 Å². The Morgan fingerprint density at radius 1 is 1.50 bits per heavy atom. The SMILES string of the molecule is CN1CCc2ccc(N(C)C(=O)[C@@H]3CCCN3)nc21.Cl. The van der Waals surface area contributed by atoms with E-state index < -0.39 is 0 Å². The van der Waals surface area contributed by atoms with Gasteiger partial charge in [0.2, 0.25) is 5.91 Å². The van der Waals surface area contributed by atoms with Crippen LogP contribution in [-0.2, 0) is 11.2 Å². The molecule has 6 heteroatoms. The highest BCUT2D eigenvalue weighted by atomic mass is 35.5. The topological polar surface area (TPSA) is 48.5 Å². The molecule has 1 N–H and O–H groups in total. The number of likely N-dealkylation sites (N-methyl/N-ethyl adjacent to an activating group) is 2. The van der Waals surface area contributed by atoms with E-state index in [0.29, 0.717) is 0 Å². The fourth-order valence-corrected chi connectivity index (χ4v) is 2.82. The van der Waals surface area contributed by atoms with Crippen LogP contribution in [0.5, 0.6) is 0 Å². The monoisotopic (exact) mass is 296 g/mol. The number of fused-ring (bicyclic) bond motifs is 1. The van der Waals surface area contributed by atoms with Gasteiger partial charge in [0.25, 0.3) is 0 Å². The first kappa shape index (κ1) is 15.1. The number of hydrogen-bond donors (Lipinski definition) is 1. The molecular weight excluding hydrogens is 276 g/mol. The lowest BCUT2D eigenvalue weighted by Gasteiger charge is -2.21. The molecule has 3 rings (SSSR count). The standard InChI is InChI=1S/C14H20N4O.ClH/c1-17-9-7-10-5-6-12(16-13(10)17)18(2)14(19)11-4-3-8-15-11;/h5-6,11,15H,3-4,7-9H2,1-2H3;1H/t11-;/m0./s1. The number of amides is 1. The van der Waals surface area contributed by atoms with Gasteiger partial charge in [0, 0.05) is 20.6 Å². The minimum absolute atomic E-state index is 0. The number of hydrogen-bond acceptors (Lipinski definition) is 4. The first-order valence-electron chi connectivity index (χ1n) is 6.89. The van der Waals surface area contributed by atoms with E-state index in [1.807, 2.05) is 20.2 Å². The summed E-state index contributed by atoms with van der Waals surface area (Å²) in [4.78, 5) is 20.8. The van der Waals surface area contributed by atoms with Crippen molar-refractivity contribution < 1.29 is 4.79 Å². The van der Waals surface area contributed by atoms with Gasteiger partial charge in [-0.3, -0.25) is 9.69 Å². The summed E-state index contributed by atoms with van der Waals surface area (Å²) in [7, 11) is 3.86. The molecule has 5 nitrogen and oxygen atoms in total. The van der Waals surface area contributed by atoms with Crippen molar-refractivity contribution >= 4 is 29.9 Å². The van der Waals surface area contributed by atoms with Crippen molar-refractivity contribution in [2.45, 2.75) is 25.3 Å². The van der Waals surface area contributed by atoms with Crippen LogP contribution in [0.25, 0.3) is 0 Å². The molecule has 0 bridgehead atoms. The molecule has 1 aromatic rings. The Bertz CT molecular complexity index is 502. The van der Waals surface area contributed by atoms with E-state index >= 15 is 0 Å². The molecule has 0 saturated carbocycles. The molecule has 0 unspecified atom stereocenters. The molecule has 1 amide bonds. The molecule has 1 aromatic heterocycles. The summed E-state index contributed by atoms with van der Waals surface area (Å²) in [6.45, 7) is 1.94. The molecule has 0 radical (unpaired) electrons. The summed E-state index contributed by atoms with van der Waals surface area (Å²) in [5.74, 6) is 1.87. The number of aromatic nitrogens is 1. The van der Waals surface area contributed by atoms with E-state index in [4.69, 9.17) is 0 Å². The second kappa shape index (κ2) is 5.97. The van der Waals surface area contributed by atoms with Crippen molar-refractivity contribution in [1.82, 2.24) is 10.3 Å². The summed E-state index contributed by atoms with van der Waals surface area (Å²) < 4.78 is 0. The highest BCUT2D eigenvalue weighted by Crippen LogP contribution is 2.27. The van der Waals surface area contributed by atoms with Gasteiger partial charge in [0.15, 0.2) is 0 Å². The lowest BCUT2D eigenvalue weighted by Crippen LogP contribution is -2.42. The summed E-state index contributed by atoms with van der Waals surface area (Å²) in [6.07, 6.45) is 3.04. The molecule has 2 aliphatic heterocycles.